The van der Waals surface area contributed by atoms with Crippen molar-refractivity contribution in [3.05, 3.63) is 123 Å². The van der Waals surface area contributed by atoms with Crippen molar-refractivity contribution in [3.63, 3.8) is 0 Å². The minimum absolute atomic E-state index is 0.0702. The van der Waals surface area contributed by atoms with Gasteiger partial charge in [-0.1, -0.05) is 34.1 Å². The number of nitrogens with zero attached hydrogens (tertiary/aromatic N) is 2. The third kappa shape index (κ3) is 7.86. The summed E-state index contributed by atoms with van der Waals surface area (Å²) >= 11 is 3.44. The molecule has 0 radical (unpaired) electrons. The van der Waals surface area contributed by atoms with Crippen molar-refractivity contribution in [1.29, 1.82) is 0 Å². The van der Waals surface area contributed by atoms with Gasteiger partial charge in [-0.05, 0) is 93.1 Å². The van der Waals surface area contributed by atoms with Gasteiger partial charge in [0.25, 0.3) is 5.91 Å². The molecule has 46 heavy (non-hydrogen) atoms. The molecule has 0 aliphatic rings. The van der Waals surface area contributed by atoms with Crippen LogP contribution in [0.15, 0.2) is 98.9 Å². The number of amides is 2. The number of hydrogen-bond acceptors (Lipinski definition) is 7. The van der Waals surface area contributed by atoms with Crippen LogP contribution in [-0.2, 0) is 11.4 Å². The van der Waals surface area contributed by atoms with Gasteiger partial charge in [-0.3, -0.25) is 9.59 Å². The van der Waals surface area contributed by atoms with Crippen molar-refractivity contribution in [2.45, 2.75) is 27.4 Å². The molecule has 236 valence electrons. The molecular formula is C35H33BrN4O6. The number of carbonyl (C=O) groups excluding carboxylic acids is 2. The number of rotatable bonds is 12. The van der Waals surface area contributed by atoms with Gasteiger partial charge in [-0.25, -0.2) is 5.43 Å². The summed E-state index contributed by atoms with van der Waals surface area (Å²) in [5.74, 6) is 0.998. The van der Waals surface area contributed by atoms with Crippen molar-refractivity contribution in [2.24, 2.45) is 5.10 Å². The van der Waals surface area contributed by atoms with Crippen LogP contribution < -0.4 is 25.0 Å². The summed E-state index contributed by atoms with van der Waals surface area (Å²) in [6, 6.07) is 26.0. The normalized spacial score (nSPS) is 11.0. The molecule has 11 heteroatoms. The van der Waals surface area contributed by atoms with Gasteiger partial charge in [0.2, 0.25) is 0 Å². The number of halogens is 1. The van der Waals surface area contributed by atoms with Crippen LogP contribution in [0.4, 0.5) is 5.69 Å². The first kappa shape index (κ1) is 32.1. The van der Waals surface area contributed by atoms with Gasteiger partial charge in [0, 0.05) is 32.8 Å². The van der Waals surface area contributed by atoms with Crippen LogP contribution in [0.2, 0.25) is 0 Å². The molecular weight excluding hydrogens is 652 g/mol. The van der Waals surface area contributed by atoms with Crippen molar-refractivity contribution < 1.29 is 28.2 Å². The minimum atomic E-state index is -0.550. The Kier molecular flexibility index (Phi) is 10.2. The predicted octanol–water partition coefficient (Wildman–Crippen LogP) is 7.13. The van der Waals surface area contributed by atoms with Crippen LogP contribution in [0.5, 0.6) is 17.2 Å². The predicted molar refractivity (Wildman–Crippen MR) is 179 cm³/mol. The van der Waals surface area contributed by atoms with Gasteiger partial charge >= 0.3 is 5.91 Å². The van der Waals surface area contributed by atoms with Gasteiger partial charge < -0.3 is 28.5 Å². The van der Waals surface area contributed by atoms with Crippen LogP contribution in [0.25, 0.3) is 5.69 Å². The number of hydrogen-bond donors (Lipinski definition) is 2. The summed E-state index contributed by atoms with van der Waals surface area (Å²) in [5, 5.41) is 6.90. The lowest BCUT2D eigenvalue weighted by molar-refractivity contribution is -0.118. The number of benzene rings is 3. The van der Waals surface area contributed by atoms with Gasteiger partial charge in [0.15, 0.2) is 23.9 Å². The van der Waals surface area contributed by atoms with E-state index in [0.717, 1.165) is 22.6 Å². The van der Waals surface area contributed by atoms with Crippen LogP contribution in [0, 0.1) is 20.8 Å². The SMILES string of the molecule is COc1cc(Br)cc(C=NNC(=O)c2ccc(COc3ccc(-n4c(C)ccc4C)cc3)o2)c1OCC(=O)Nc1ccccc1C. The van der Waals surface area contributed by atoms with E-state index in [1.807, 2.05) is 55.5 Å². The van der Waals surface area contributed by atoms with Gasteiger partial charge in [0.05, 0.1) is 13.3 Å². The number of hydrazone groups is 1. The molecule has 2 aromatic heterocycles. The van der Waals surface area contributed by atoms with Crippen LogP contribution >= 0.6 is 15.9 Å². The fourth-order valence-electron chi connectivity index (χ4n) is 4.74. The summed E-state index contributed by atoms with van der Waals surface area (Å²) in [5.41, 5.74) is 7.91. The van der Waals surface area contributed by atoms with Crippen molar-refractivity contribution in [1.82, 2.24) is 9.99 Å². The van der Waals surface area contributed by atoms with E-state index in [4.69, 9.17) is 18.6 Å². The second-order valence-corrected chi connectivity index (χ2v) is 11.3. The zero-order valence-corrected chi connectivity index (χ0v) is 27.4. The molecule has 5 rings (SSSR count). The lowest BCUT2D eigenvalue weighted by Crippen LogP contribution is -2.21. The monoisotopic (exact) mass is 684 g/mol. The van der Waals surface area contributed by atoms with E-state index in [2.05, 4.69) is 62.3 Å². The largest absolute Gasteiger partial charge is 0.493 e. The molecule has 0 bridgehead atoms. The number of furan rings is 1. The molecule has 0 aliphatic heterocycles. The topological polar surface area (TPSA) is 116 Å². The fraction of sp³-hybridized carbons (Fsp3) is 0.171. The van der Waals surface area contributed by atoms with Crippen molar-refractivity contribution in [3.8, 4) is 22.9 Å². The average Bonchev–Trinajstić information content (AvgIpc) is 3.66. The third-order valence-corrected chi connectivity index (χ3v) is 7.50. The van der Waals surface area contributed by atoms with Crippen molar-refractivity contribution >= 4 is 39.6 Å². The van der Waals surface area contributed by atoms with E-state index in [9.17, 15) is 9.59 Å². The summed E-state index contributed by atoms with van der Waals surface area (Å²) in [6.07, 6.45) is 1.40. The van der Waals surface area contributed by atoms with Crippen molar-refractivity contribution in [2.75, 3.05) is 19.0 Å². The Bertz CT molecular complexity index is 1860. The lowest BCUT2D eigenvalue weighted by atomic mass is 10.2. The Morgan fingerprint density at radius 1 is 0.935 bits per heavy atom. The highest BCUT2D eigenvalue weighted by Crippen LogP contribution is 2.34. The molecule has 3 aromatic carbocycles. The van der Waals surface area contributed by atoms with E-state index in [1.54, 1.807) is 24.3 Å². The first-order valence-electron chi connectivity index (χ1n) is 14.4. The molecule has 0 atom stereocenters. The number of aryl methyl sites for hydroxylation is 3. The van der Waals surface area contributed by atoms with E-state index < -0.39 is 5.91 Å². The molecule has 5 aromatic rings. The molecule has 0 fully saturated rings. The smallest absolute Gasteiger partial charge is 0.307 e. The zero-order chi connectivity index (χ0) is 32.6. The molecule has 2 N–H and O–H groups in total. The Balaban J connectivity index is 1.17. The summed E-state index contributed by atoms with van der Waals surface area (Å²) < 4.78 is 25.7. The highest BCUT2D eigenvalue weighted by molar-refractivity contribution is 9.10. The maximum Gasteiger partial charge on any atom is 0.307 e. The minimum Gasteiger partial charge on any atom is -0.493 e. The number of anilines is 1. The molecule has 0 unspecified atom stereocenters. The second-order valence-electron chi connectivity index (χ2n) is 10.4. The maximum absolute atomic E-state index is 12.7. The molecule has 0 saturated carbocycles. The number of methoxy groups -OCH3 is 1. The number of nitrogens with one attached hydrogen (secondary N) is 2. The van der Waals surface area contributed by atoms with Gasteiger partial charge in [0.1, 0.15) is 18.1 Å². The van der Waals surface area contributed by atoms with Crippen LogP contribution in [0.1, 0.15) is 38.8 Å². The first-order valence-corrected chi connectivity index (χ1v) is 15.2. The van der Waals surface area contributed by atoms with E-state index in [1.165, 1.54) is 13.3 Å². The number of ether oxygens (including phenoxy) is 3. The quantitative estimate of drug-likeness (QED) is 0.107. The fourth-order valence-corrected chi connectivity index (χ4v) is 5.20. The highest BCUT2D eigenvalue weighted by atomic mass is 79.9. The molecule has 2 heterocycles. The Hall–Kier alpha value is -5.29. The first-order chi connectivity index (χ1) is 22.2. The standard InChI is InChI=1S/C35H33BrN4O6/c1-22-7-5-6-8-30(22)38-33(41)21-45-34-25(17-26(36)18-32(34)43-4)19-37-39-35(42)31-16-15-29(46-31)20-44-28-13-11-27(12-14-28)40-23(2)9-10-24(40)3/h5-19H,20-21H2,1-4H3,(H,38,41)(H,39,42). The van der Waals surface area contributed by atoms with E-state index in [-0.39, 0.29) is 30.6 Å². The Labute approximate surface area is 275 Å². The molecule has 2 amide bonds. The molecule has 0 saturated heterocycles. The van der Waals surface area contributed by atoms with Crippen LogP contribution in [-0.4, -0.2) is 36.3 Å². The lowest BCUT2D eigenvalue weighted by Gasteiger charge is -2.14. The summed E-state index contributed by atoms with van der Waals surface area (Å²) in [4.78, 5) is 25.3. The third-order valence-electron chi connectivity index (χ3n) is 7.04. The number of carbonyl (C=O) groups is 2. The van der Waals surface area contributed by atoms with Gasteiger partial charge in [-0.15, -0.1) is 0 Å². The zero-order valence-electron chi connectivity index (χ0n) is 25.8. The van der Waals surface area contributed by atoms with Crippen LogP contribution in [0.3, 0.4) is 0 Å². The Morgan fingerprint density at radius 2 is 1.67 bits per heavy atom. The molecule has 10 nitrogen and oxygen atoms in total. The maximum atomic E-state index is 12.7. The second kappa shape index (κ2) is 14.7. The van der Waals surface area contributed by atoms with E-state index >= 15 is 0 Å². The summed E-state index contributed by atoms with van der Waals surface area (Å²) in [7, 11) is 1.49. The number of para-hydroxylation sites is 1. The Morgan fingerprint density at radius 3 is 2.39 bits per heavy atom. The van der Waals surface area contributed by atoms with Gasteiger partial charge in [-0.2, -0.15) is 5.10 Å². The molecule has 0 spiro atoms. The molecule has 0 aliphatic carbocycles. The summed E-state index contributed by atoms with van der Waals surface area (Å²) in [6.45, 7) is 5.91. The highest BCUT2D eigenvalue weighted by Gasteiger charge is 2.16. The number of aromatic nitrogens is 1. The average molecular weight is 686 g/mol. The van der Waals surface area contributed by atoms with E-state index in [0.29, 0.717) is 33.0 Å².